The summed E-state index contributed by atoms with van der Waals surface area (Å²) in [5.41, 5.74) is 0.689. The van der Waals surface area contributed by atoms with Gasteiger partial charge >= 0.3 is 0 Å². The Kier molecular flexibility index (Phi) is 11.5. The quantitative estimate of drug-likeness (QED) is 0.520. The topological polar surface area (TPSA) is 38.3 Å². The van der Waals surface area contributed by atoms with Crippen LogP contribution in [-0.2, 0) is 0 Å². The zero-order valence-electron chi connectivity index (χ0n) is 14.6. The Hall–Kier alpha value is -1.16. The van der Waals surface area contributed by atoms with Gasteiger partial charge in [-0.25, -0.2) is 0 Å². The number of rotatable bonds is 13. The summed E-state index contributed by atoms with van der Waals surface area (Å²) in [6.07, 6.45) is 11.0. The van der Waals surface area contributed by atoms with Gasteiger partial charge in [0.15, 0.2) is 0 Å². The van der Waals surface area contributed by atoms with Crippen molar-refractivity contribution in [3.63, 3.8) is 0 Å². The largest absolute Gasteiger partial charge is 0.494 e. The third kappa shape index (κ3) is 9.54. The summed E-state index contributed by atoms with van der Waals surface area (Å²) in [6, 6.07) is 7.42. The molecule has 0 aliphatic heterocycles. The minimum Gasteiger partial charge on any atom is -0.494 e. The van der Waals surface area contributed by atoms with Crippen LogP contribution in [0.3, 0.4) is 0 Å². The summed E-state index contributed by atoms with van der Waals surface area (Å²) in [5.74, 6) is 1.76. The normalized spacial score (nSPS) is 10.5. The van der Waals surface area contributed by atoms with Crippen LogP contribution in [0.4, 0.5) is 0 Å². The molecule has 0 heterocycles. The standard InChI is InChI=1S/C19H31NO2S/c1-3-4-5-6-7-8-9-15-22-18-12-10-17(11-13-18)19(21)20-14-16-23-2/h10-13H,3-9,14-16H2,1-2H3,(H,20,21). The lowest BCUT2D eigenvalue weighted by Gasteiger charge is -2.08. The van der Waals surface area contributed by atoms with E-state index in [9.17, 15) is 4.79 Å². The Morgan fingerprint density at radius 2 is 1.70 bits per heavy atom. The van der Waals surface area contributed by atoms with Crippen molar-refractivity contribution in [2.75, 3.05) is 25.2 Å². The van der Waals surface area contributed by atoms with Crippen LogP contribution in [0.15, 0.2) is 24.3 Å². The van der Waals surface area contributed by atoms with Gasteiger partial charge in [0.05, 0.1) is 6.61 Å². The number of nitrogens with one attached hydrogen (secondary N) is 1. The highest BCUT2D eigenvalue weighted by atomic mass is 32.2. The molecule has 3 nitrogen and oxygen atoms in total. The number of hydrogen-bond acceptors (Lipinski definition) is 3. The highest BCUT2D eigenvalue weighted by Crippen LogP contribution is 2.13. The van der Waals surface area contributed by atoms with Crippen LogP contribution >= 0.6 is 11.8 Å². The molecule has 130 valence electrons. The molecule has 0 unspecified atom stereocenters. The zero-order valence-corrected chi connectivity index (χ0v) is 15.4. The number of unbranched alkanes of at least 4 members (excludes halogenated alkanes) is 6. The smallest absolute Gasteiger partial charge is 0.251 e. The van der Waals surface area contributed by atoms with Crippen LogP contribution in [0.1, 0.15) is 62.2 Å². The van der Waals surface area contributed by atoms with Crippen LogP contribution in [-0.4, -0.2) is 31.1 Å². The van der Waals surface area contributed by atoms with Crippen LogP contribution in [0.2, 0.25) is 0 Å². The molecule has 0 aliphatic carbocycles. The fourth-order valence-corrected chi connectivity index (χ4v) is 2.63. The zero-order chi connectivity index (χ0) is 16.8. The van der Waals surface area contributed by atoms with Gasteiger partial charge in [-0.3, -0.25) is 4.79 Å². The Morgan fingerprint density at radius 1 is 1.04 bits per heavy atom. The van der Waals surface area contributed by atoms with E-state index < -0.39 is 0 Å². The van der Waals surface area contributed by atoms with Gasteiger partial charge < -0.3 is 10.1 Å². The molecule has 0 fully saturated rings. The molecule has 0 saturated carbocycles. The predicted octanol–water partition coefficient (Wildman–Crippen LogP) is 4.91. The minimum absolute atomic E-state index is 0.0160. The van der Waals surface area contributed by atoms with E-state index in [4.69, 9.17) is 4.74 Å². The number of thioether (sulfide) groups is 1. The SMILES string of the molecule is CCCCCCCCCOc1ccc(C(=O)NCCSC)cc1. The van der Waals surface area contributed by atoms with Crippen molar-refractivity contribution in [2.45, 2.75) is 51.9 Å². The van der Waals surface area contributed by atoms with E-state index in [0.29, 0.717) is 12.1 Å². The number of hydrogen-bond donors (Lipinski definition) is 1. The third-order valence-corrected chi connectivity index (χ3v) is 4.34. The van der Waals surface area contributed by atoms with Crippen molar-refractivity contribution >= 4 is 17.7 Å². The predicted molar refractivity (Wildman–Crippen MR) is 101 cm³/mol. The Morgan fingerprint density at radius 3 is 2.35 bits per heavy atom. The van der Waals surface area contributed by atoms with Crippen molar-refractivity contribution in [2.24, 2.45) is 0 Å². The number of ether oxygens (including phenoxy) is 1. The maximum absolute atomic E-state index is 11.9. The highest BCUT2D eigenvalue weighted by Gasteiger charge is 2.04. The molecule has 0 bridgehead atoms. The van der Waals surface area contributed by atoms with E-state index in [-0.39, 0.29) is 5.91 Å². The monoisotopic (exact) mass is 337 g/mol. The first kappa shape index (κ1) is 19.9. The fourth-order valence-electron chi connectivity index (χ4n) is 2.32. The molecule has 0 spiro atoms. The first-order valence-corrected chi connectivity index (χ1v) is 10.2. The maximum Gasteiger partial charge on any atom is 0.251 e. The van der Waals surface area contributed by atoms with E-state index in [2.05, 4.69) is 12.2 Å². The molecule has 1 aromatic rings. The summed E-state index contributed by atoms with van der Waals surface area (Å²) in [7, 11) is 0. The number of amides is 1. The molecular weight excluding hydrogens is 306 g/mol. The van der Waals surface area contributed by atoms with Gasteiger partial charge in [-0.2, -0.15) is 11.8 Å². The average molecular weight is 338 g/mol. The Balaban J connectivity index is 2.15. The third-order valence-electron chi connectivity index (χ3n) is 3.72. The van der Waals surface area contributed by atoms with Crippen molar-refractivity contribution in [3.8, 4) is 5.75 Å². The molecule has 4 heteroatoms. The molecule has 0 aliphatic rings. The fraction of sp³-hybridized carbons (Fsp3) is 0.632. The van der Waals surface area contributed by atoms with Gasteiger partial charge in [-0.05, 0) is 36.9 Å². The minimum atomic E-state index is -0.0160. The molecular formula is C19H31NO2S. The summed E-state index contributed by atoms with van der Waals surface area (Å²) < 4.78 is 5.73. The lowest BCUT2D eigenvalue weighted by molar-refractivity contribution is 0.0956. The van der Waals surface area contributed by atoms with Gasteiger partial charge in [0.25, 0.3) is 5.91 Å². The molecule has 0 aromatic heterocycles. The second kappa shape index (κ2) is 13.3. The van der Waals surface area contributed by atoms with Crippen LogP contribution in [0, 0.1) is 0 Å². The Labute approximate surface area is 145 Å². The lowest BCUT2D eigenvalue weighted by Crippen LogP contribution is -2.25. The first-order valence-electron chi connectivity index (χ1n) is 8.78. The molecule has 1 rings (SSSR count). The van der Waals surface area contributed by atoms with Crippen molar-refractivity contribution in [1.82, 2.24) is 5.32 Å². The molecule has 1 N–H and O–H groups in total. The van der Waals surface area contributed by atoms with E-state index >= 15 is 0 Å². The summed E-state index contributed by atoms with van der Waals surface area (Å²) in [4.78, 5) is 11.9. The van der Waals surface area contributed by atoms with E-state index in [1.165, 1.54) is 38.5 Å². The second-order valence-corrected chi connectivity index (χ2v) is 6.73. The number of carbonyl (C=O) groups is 1. The number of carbonyl (C=O) groups excluding carboxylic acids is 1. The van der Waals surface area contributed by atoms with Gasteiger partial charge in [0.2, 0.25) is 0 Å². The van der Waals surface area contributed by atoms with Crippen LogP contribution in [0.25, 0.3) is 0 Å². The van der Waals surface area contributed by atoms with Crippen molar-refractivity contribution < 1.29 is 9.53 Å². The molecule has 0 atom stereocenters. The van der Waals surface area contributed by atoms with Crippen molar-refractivity contribution in [3.05, 3.63) is 29.8 Å². The van der Waals surface area contributed by atoms with E-state index in [1.54, 1.807) is 11.8 Å². The maximum atomic E-state index is 11.9. The second-order valence-electron chi connectivity index (χ2n) is 5.74. The van der Waals surface area contributed by atoms with Crippen molar-refractivity contribution in [1.29, 1.82) is 0 Å². The molecule has 0 radical (unpaired) electrons. The Bertz CT molecular complexity index is 420. The van der Waals surface area contributed by atoms with Crippen LogP contribution in [0.5, 0.6) is 5.75 Å². The summed E-state index contributed by atoms with van der Waals surface area (Å²) in [5, 5.41) is 2.90. The lowest BCUT2D eigenvalue weighted by atomic mass is 10.1. The van der Waals surface area contributed by atoms with Gasteiger partial charge in [-0.1, -0.05) is 45.4 Å². The molecule has 1 aromatic carbocycles. The summed E-state index contributed by atoms with van der Waals surface area (Å²) >= 11 is 1.72. The average Bonchev–Trinajstić information content (AvgIpc) is 2.58. The van der Waals surface area contributed by atoms with Crippen LogP contribution < -0.4 is 10.1 Å². The first-order chi connectivity index (χ1) is 11.3. The van der Waals surface area contributed by atoms with Gasteiger partial charge in [-0.15, -0.1) is 0 Å². The van der Waals surface area contributed by atoms with Gasteiger partial charge in [0, 0.05) is 17.9 Å². The number of benzene rings is 1. The highest BCUT2D eigenvalue weighted by molar-refractivity contribution is 7.98. The molecule has 0 saturated heterocycles. The summed E-state index contributed by atoms with van der Waals surface area (Å²) in [6.45, 7) is 3.70. The molecule has 1 amide bonds. The van der Waals surface area contributed by atoms with Gasteiger partial charge in [0.1, 0.15) is 5.75 Å². The molecule has 23 heavy (non-hydrogen) atoms. The van der Waals surface area contributed by atoms with E-state index in [1.807, 2.05) is 30.5 Å². The van der Waals surface area contributed by atoms with E-state index in [0.717, 1.165) is 24.5 Å².